The smallest absolute Gasteiger partial charge is 0.133 e. The fraction of sp³-hybridized carbons (Fsp3) is 0.463. The van der Waals surface area contributed by atoms with E-state index in [1.54, 1.807) is 23.5 Å². The molecule has 5 heteroatoms. The molecule has 2 aromatic carbocycles. The summed E-state index contributed by atoms with van der Waals surface area (Å²) in [5.74, 6) is 0.203. The molecule has 2 aromatic rings. The van der Waals surface area contributed by atoms with Crippen LogP contribution >= 0.6 is 35.3 Å². The molecule has 2 unspecified atom stereocenters. The topological polar surface area (TPSA) is 20.3 Å². The summed E-state index contributed by atoms with van der Waals surface area (Å²) in [6.45, 7) is 44.8. The molecule has 0 amide bonds. The number of anilines is 2. The highest BCUT2D eigenvalue weighted by Gasteiger charge is 2.42. The molecule has 0 radical (unpaired) electrons. The maximum absolute atomic E-state index is 12.0. The van der Waals surface area contributed by atoms with Crippen LogP contribution in [0.15, 0.2) is 206 Å². The average molecular weight is 1200 g/mol. The van der Waals surface area contributed by atoms with Crippen LogP contribution in [0.4, 0.5) is 11.4 Å². The van der Waals surface area contributed by atoms with Gasteiger partial charge < -0.3 is 9.69 Å². The standard InChI is InChI=1S/C78H105NOS3.C2H6/c1-17-26-31-34-39-64(61(14)73(25-9)83-75(74(81-16)37-23-7)55-67-52-59(12)76(56-80)82-67)51-58(11)63-40-42-65(43-41-63)79(60(13)53-71-62(15)69(36-22-6)70(24-8)78(71,49-29-20-4)50-30-21-5)66-44-45-68-57(10)38-33-32-35-48-77(46-27-18-2,47-28-19-3)72(68)54-66;1-2/h22-25,32-33,35-38,40-45,51-56,59,76H,7-8,10,17-21,26-31,34,39,46-50H2,1-6,9,11-16H3;1-2H3/b35-32-,36-22-,38-33-,58-51+,60-53+,64-61+,73-25-,74-37-,75-55+;. The largest absolute Gasteiger partial charge is 0.314 e. The first kappa shape index (κ1) is 72.5. The van der Waals surface area contributed by atoms with Crippen molar-refractivity contribution in [3.05, 3.63) is 223 Å². The number of aldehydes is 1. The number of carbonyl (C=O) groups excluding carboxylic acids is 1. The maximum Gasteiger partial charge on any atom is 0.133 e. The fourth-order valence-corrected chi connectivity index (χ4v) is 15.8. The number of nitrogens with zero attached hydrogens (tertiary/aromatic N) is 1. The van der Waals surface area contributed by atoms with Crippen molar-refractivity contribution >= 4 is 64.1 Å². The van der Waals surface area contributed by atoms with E-state index >= 15 is 0 Å². The minimum atomic E-state index is -0.115. The van der Waals surface area contributed by atoms with Gasteiger partial charge >= 0.3 is 0 Å². The zero-order valence-corrected chi connectivity index (χ0v) is 58.2. The van der Waals surface area contributed by atoms with Crippen molar-refractivity contribution in [3.8, 4) is 0 Å². The first-order valence-corrected chi connectivity index (χ1v) is 35.7. The first-order valence-electron chi connectivity index (χ1n) is 32.8. The van der Waals surface area contributed by atoms with Gasteiger partial charge in [0.1, 0.15) is 6.29 Å². The van der Waals surface area contributed by atoms with Crippen molar-refractivity contribution in [1.82, 2.24) is 0 Å². The van der Waals surface area contributed by atoms with Crippen LogP contribution in [0, 0.1) is 11.3 Å². The Kier molecular flexibility index (Phi) is 32.2. The van der Waals surface area contributed by atoms with Crippen molar-refractivity contribution in [2.45, 2.75) is 223 Å². The monoisotopic (exact) mass is 1200 g/mol. The van der Waals surface area contributed by atoms with Crippen LogP contribution in [0.1, 0.15) is 229 Å². The molecule has 0 N–H and O–H groups in total. The summed E-state index contributed by atoms with van der Waals surface area (Å²) in [5, 5.41) is -0.0491. The van der Waals surface area contributed by atoms with E-state index in [9.17, 15) is 4.79 Å². The van der Waals surface area contributed by atoms with Crippen molar-refractivity contribution in [3.63, 3.8) is 0 Å². The molecule has 2 atom stereocenters. The van der Waals surface area contributed by atoms with E-state index in [-0.39, 0.29) is 22.0 Å². The van der Waals surface area contributed by atoms with Crippen LogP contribution in [0.5, 0.6) is 0 Å². The lowest BCUT2D eigenvalue weighted by atomic mass is 9.68. The van der Waals surface area contributed by atoms with Crippen molar-refractivity contribution in [2.24, 2.45) is 11.3 Å². The molecule has 0 fully saturated rings. The van der Waals surface area contributed by atoms with Crippen LogP contribution in [0.2, 0.25) is 0 Å². The predicted octanol–water partition coefficient (Wildman–Crippen LogP) is 26.1. The third-order valence-electron chi connectivity index (χ3n) is 17.5. The van der Waals surface area contributed by atoms with Gasteiger partial charge in [-0.1, -0.05) is 243 Å². The average Bonchev–Trinajstić information content (AvgIpc) is 1.80. The Morgan fingerprint density at radius 3 is 1.98 bits per heavy atom. The van der Waals surface area contributed by atoms with E-state index in [0.29, 0.717) is 0 Å². The summed E-state index contributed by atoms with van der Waals surface area (Å²) in [6.07, 6.45) is 55.5. The lowest BCUT2D eigenvalue weighted by Gasteiger charge is -2.38. The van der Waals surface area contributed by atoms with E-state index in [1.807, 2.05) is 31.7 Å². The lowest BCUT2D eigenvalue weighted by Crippen LogP contribution is -2.28. The second kappa shape index (κ2) is 37.7. The number of unbranched alkanes of at least 4 members (excludes halogenated alkanes) is 7. The van der Waals surface area contributed by atoms with Gasteiger partial charge in [-0.3, -0.25) is 0 Å². The van der Waals surface area contributed by atoms with Gasteiger partial charge in [0.05, 0.1) is 5.25 Å². The minimum absolute atomic E-state index is 0.0171. The zero-order valence-electron chi connectivity index (χ0n) is 55.8. The van der Waals surface area contributed by atoms with Gasteiger partial charge in [-0.15, -0.1) is 23.5 Å². The predicted molar refractivity (Wildman–Crippen MR) is 390 cm³/mol. The molecule has 2 nitrogen and oxygen atoms in total. The van der Waals surface area contributed by atoms with Crippen molar-refractivity contribution in [2.75, 3.05) is 11.2 Å². The molecular weight excluding hydrogens is 1090 g/mol. The molecular formula is C80H111NOS3. The second-order valence-electron chi connectivity index (χ2n) is 23.4. The summed E-state index contributed by atoms with van der Waals surface area (Å²) in [7, 11) is 0. The number of thioether (sulfide) groups is 3. The molecule has 0 spiro atoms. The minimum Gasteiger partial charge on any atom is -0.314 e. The van der Waals surface area contributed by atoms with Crippen LogP contribution < -0.4 is 4.90 Å². The molecule has 1 aliphatic heterocycles. The van der Waals surface area contributed by atoms with E-state index in [4.69, 9.17) is 6.58 Å². The maximum atomic E-state index is 12.0. The Labute approximate surface area is 533 Å². The number of fused-ring (bicyclic) bond motifs is 1. The van der Waals surface area contributed by atoms with Crippen molar-refractivity contribution < 1.29 is 4.79 Å². The molecule has 0 bridgehead atoms. The number of benzene rings is 2. The van der Waals surface area contributed by atoms with Gasteiger partial charge in [-0.2, -0.15) is 0 Å². The highest BCUT2D eigenvalue weighted by Crippen LogP contribution is 2.56. The first-order chi connectivity index (χ1) is 41.1. The number of hydrogen-bond donors (Lipinski definition) is 0. The van der Waals surface area contributed by atoms with Gasteiger partial charge in [0, 0.05) is 42.1 Å². The quantitative estimate of drug-likeness (QED) is 0.0402. The van der Waals surface area contributed by atoms with E-state index in [0.717, 1.165) is 93.1 Å². The second-order valence-corrected chi connectivity index (χ2v) is 26.6. The van der Waals surface area contributed by atoms with Gasteiger partial charge in [-0.05, 0) is 208 Å². The van der Waals surface area contributed by atoms with Crippen LogP contribution in [0.3, 0.4) is 0 Å². The molecule has 5 rings (SSSR count). The Morgan fingerprint density at radius 1 is 0.776 bits per heavy atom. The Balaban J connectivity index is 0.00000766. The van der Waals surface area contributed by atoms with Gasteiger partial charge in [0.25, 0.3) is 0 Å². The number of hydrogen-bond acceptors (Lipinski definition) is 5. The Bertz CT molecular complexity index is 2930. The Morgan fingerprint density at radius 2 is 1.41 bits per heavy atom. The van der Waals surface area contributed by atoms with Crippen LogP contribution in [0.25, 0.3) is 11.1 Å². The highest BCUT2D eigenvalue weighted by molar-refractivity contribution is 8.10. The van der Waals surface area contributed by atoms with E-state index in [2.05, 4.69) is 229 Å². The SMILES string of the molecule is C=C/C=C(SC)/C(=C\C1=CC(C)C(C=O)S1)SC(=C\C)/C(C)=C(/C=C(\C)c1ccc(N(/C(C)=C/C2=C(C)C(/C=C\C)=C(C=C)C2(CCCC)CCCC)c2ccc3c(c2)C(CCCC)(CCCC)C/C=C\C=C/C3=C)cc1)CCCCCC.CC. The lowest BCUT2D eigenvalue weighted by molar-refractivity contribution is -0.107. The number of allylic oxidation sites excluding steroid dienone is 23. The van der Waals surface area contributed by atoms with Gasteiger partial charge in [0.2, 0.25) is 0 Å². The molecule has 0 saturated carbocycles. The molecule has 0 aromatic heterocycles. The molecule has 2 aliphatic carbocycles. The molecule has 460 valence electrons. The highest BCUT2D eigenvalue weighted by atomic mass is 32.2. The van der Waals surface area contributed by atoms with Gasteiger partial charge in [-0.25, -0.2) is 0 Å². The summed E-state index contributed by atoms with van der Waals surface area (Å²) in [6, 6.07) is 16.8. The normalized spacial score (nSPS) is 19.4. The van der Waals surface area contributed by atoms with E-state index in [1.165, 1.54) is 127 Å². The fourth-order valence-electron chi connectivity index (χ4n) is 12.7. The molecule has 3 aliphatic rings. The molecule has 85 heavy (non-hydrogen) atoms. The molecule has 1 heterocycles. The summed E-state index contributed by atoms with van der Waals surface area (Å²) >= 11 is 5.24. The van der Waals surface area contributed by atoms with Crippen molar-refractivity contribution in [1.29, 1.82) is 0 Å². The summed E-state index contributed by atoms with van der Waals surface area (Å²) in [4.78, 5) is 19.3. The van der Waals surface area contributed by atoms with E-state index < -0.39 is 0 Å². The van der Waals surface area contributed by atoms with Crippen LogP contribution in [-0.4, -0.2) is 17.8 Å². The Hall–Kier alpha value is -4.94. The third-order valence-corrected chi connectivity index (χ3v) is 21.1. The zero-order chi connectivity index (χ0) is 62.5. The number of carbonyl (C=O) groups is 1. The third kappa shape index (κ3) is 19.0. The molecule has 0 saturated heterocycles. The van der Waals surface area contributed by atoms with Gasteiger partial charge in [0.15, 0.2) is 0 Å². The number of rotatable bonds is 33. The van der Waals surface area contributed by atoms with Crippen LogP contribution in [-0.2, 0) is 10.2 Å². The summed E-state index contributed by atoms with van der Waals surface area (Å²) in [5.41, 5.74) is 17.9. The summed E-state index contributed by atoms with van der Waals surface area (Å²) < 4.78 is 0.